The Morgan fingerprint density at radius 1 is 1.22 bits per heavy atom. The molecule has 0 saturated carbocycles. The molecule has 2 aromatic rings. The first-order valence-corrected chi connectivity index (χ1v) is 15.9. The minimum atomic E-state index is -0.826. The summed E-state index contributed by atoms with van der Waals surface area (Å²) in [5.41, 5.74) is 7.85. The van der Waals surface area contributed by atoms with Crippen LogP contribution >= 0.6 is 33.0 Å². The summed E-state index contributed by atoms with van der Waals surface area (Å²) >= 11 is 2.50. The molecule has 1 N–H and O–H groups in total. The quantitative estimate of drug-likeness (QED) is 0.251. The van der Waals surface area contributed by atoms with E-state index < -0.39 is 20.8 Å². The van der Waals surface area contributed by atoms with Crippen LogP contribution in [0.25, 0.3) is 16.5 Å². The maximum absolute atomic E-state index is 12.9. The summed E-state index contributed by atoms with van der Waals surface area (Å²) in [6.45, 7) is 11.9. The van der Waals surface area contributed by atoms with Crippen LogP contribution in [-0.4, -0.2) is 15.1 Å². The molecule has 128 valence electrons. The van der Waals surface area contributed by atoms with E-state index in [9.17, 15) is 4.39 Å². The molecular formula is C16H23BrCl2FNSiZr. The summed E-state index contributed by atoms with van der Waals surface area (Å²) in [4.78, 5) is 0. The van der Waals surface area contributed by atoms with Crippen LogP contribution in [0.3, 0.4) is 0 Å². The van der Waals surface area contributed by atoms with Gasteiger partial charge in [-0.25, -0.2) is 4.39 Å². The van der Waals surface area contributed by atoms with E-state index in [4.69, 9.17) is 22.8 Å². The number of hydrogen-bond donors (Lipinski definition) is 0. The second-order valence-electron chi connectivity index (χ2n) is 5.74. The van der Waals surface area contributed by atoms with E-state index in [0.717, 1.165) is 30.3 Å². The third-order valence-electron chi connectivity index (χ3n) is 1.88. The standard InChI is InChI=1S/C10H7BrF.C4H10N.C2H6Si.2ClH.Zr/c1-6-2-7-4-8(12)5-10(11)9(7)3-6;1-4(2,3)5;1-3-2;;;/h2-5H,1H3;5H,1-3H3;1-2H3;2*1H;/q2*-1;;;;+4/p-2. The van der Waals surface area contributed by atoms with E-state index in [2.05, 4.69) is 29.0 Å². The molecule has 0 fully saturated rings. The molecule has 23 heavy (non-hydrogen) atoms. The Hall–Kier alpha value is 0.880. The van der Waals surface area contributed by atoms with Crippen LogP contribution in [0.5, 0.6) is 0 Å². The van der Waals surface area contributed by atoms with Gasteiger partial charge in [0, 0.05) is 9.52 Å². The van der Waals surface area contributed by atoms with Gasteiger partial charge in [-0.15, -0.1) is 27.9 Å². The van der Waals surface area contributed by atoms with Crippen molar-refractivity contribution in [1.29, 1.82) is 0 Å². The van der Waals surface area contributed by atoms with Crippen LogP contribution in [0.2, 0.25) is 13.1 Å². The van der Waals surface area contributed by atoms with E-state index in [0.29, 0.717) is 0 Å². The van der Waals surface area contributed by atoms with Crippen LogP contribution < -0.4 is 0 Å². The summed E-state index contributed by atoms with van der Waals surface area (Å²) in [5, 5.41) is 2.04. The zero-order valence-corrected chi connectivity index (χ0v) is 20.9. The van der Waals surface area contributed by atoms with Crippen LogP contribution in [-0.2, 0) is 20.8 Å². The number of aryl methyl sites for hydroxylation is 1. The number of fused-ring (bicyclic) bond motifs is 1. The van der Waals surface area contributed by atoms with Gasteiger partial charge in [-0.1, -0.05) is 62.8 Å². The fourth-order valence-corrected chi connectivity index (χ4v) is 1.95. The van der Waals surface area contributed by atoms with E-state index in [-0.39, 0.29) is 11.4 Å². The fourth-order valence-electron chi connectivity index (χ4n) is 1.39. The average Bonchev–Trinajstić information content (AvgIpc) is 2.69. The number of benzene rings is 1. The predicted molar refractivity (Wildman–Crippen MR) is 105 cm³/mol. The monoisotopic (exact) mass is 515 g/mol. The van der Waals surface area contributed by atoms with Gasteiger partial charge in [0.25, 0.3) is 0 Å². The second kappa shape index (κ2) is 14.1. The molecule has 0 aromatic heterocycles. The van der Waals surface area contributed by atoms with Crippen molar-refractivity contribution in [2.45, 2.75) is 46.3 Å². The van der Waals surface area contributed by atoms with Crippen LogP contribution in [0.4, 0.5) is 4.39 Å². The van der Waals surface area contributed by atoms with Gasteiger partial charge in [0.15, 0.2) is 0 Å². The Morgan fingerprint density at radius 2 is 1.61 bits per heavy atom. The van der Waals surface area contributed by atoms with Crippen molar-refractivity contribution in [3.8, 4) is 0 Å². The molecule has 0 aliphatic rings. The zero-order valence-electron chi connectivity index (χ0n) is 14.3. The van der Waals surface area contributed by atoms with E-state index in [1.54, 1.807) is 6.07 Å². The molecule has 0 aliphatic heterocycles. The maximum atomic E-state index is 12.9. The van der Waals surface area contributed by atoms with Gasteiger partial charge >= 0.3 is 37.9 Å². The number of hydrogen-bond acceptors (Lipinski definition) is 0. The molecule has 0 heterocycles. The Bertz CT molecular complexity index is 551. The second-order valence-corrected chi connectivity index (χ2v) is 11.3. The normalized spacial score (nSPS) is 9.52. The van der Waals surface area contributed by atoms with Gasteiger partial charge in [-0.2, -0.15) is 6.07 Å². The summed E-state index contributed by atoms with van der Waals surface area (Å²) in [5.74, 6) is -0.194. The predicted octanol–water partition coefficient (Wildman–Crippen LogP) is 7.77. The van der Waals surface area contributed by atoms with Gasteiger partial charge in [-0.3, -0.25) is 0 Å². The molecule has 0 aliphatic carbocycles. The molecule has 0 unspecified atom stereocenters. The molecule has 0 atom stereocenters. The molecule has 0 bridgehead atoms. The number of rotatable bonds is 0. The molecule has 0 amide bonds. The summed E-state index contributed by atoms with van der Waals surface area (Å²) in [6.07, 6.45) is 0. The number of halogens is 4. The molecule has 0 saturated heterocycles. The van der Waals surface area contributed by atoms with Crippen LogP contribution in [0.15, 0.2) is 28.7 Å². The summed E-state index contributed by atoms with van der Waals surface area (Å²) in [7, 11) is 11.0. The molecular weight excluding hydrogens is 495 g/mol. The topological polar surface area (TPSA) is 23.8 Å². The Kier molecular flexibility index (Phi) is 16.0. The molecule has 1 nitrogen and oxygen atoms in total. The molecule has 7 heteroatoms. The van der Waals surface area contributed by atoms with Crippen molar-refractivity contribution in [2.24, 2.45) is 0 Å². The molecule has 2 rings (SSSR count). The molecule has 0 spiro atoms. The van der Waals surface area contributed by atoms with Gasteiger partial charge in [-0.05, 0) is 10.5 Å². The van der Waals surface area contributed by atoms with Gasteiger partial charge in [0.2, 0.25) is 0 Å². The zero-order chi connectivity index (χ0) is 18.6. The van der Waals surface area contributed by atoms with Crippen molar-refractivity contribution in [3.63, 3.8) is 0 Å². The van der Waals surface area contributed by atoms with E-state index in [1.165, 1.54) is 6.07 Å². The van der Waals surface area contributed by atoms with Crippen molar-refractivity contribution >= 4 is 53.2 Å². The average molecular weight is 518 g/mol. The SMILES string of the molecule is CC(C)(C)[NH-].C[Si]C.Cc1cc2c(Br)cc(F)cc2[cH-]1.[Cl][Zr+2][Cl]. The molecule has 2 aromatic carbocycles. The van der Waals surface area contributed by atoms with Gasteiger partial charge in [0.1, 0.15) is 0 Å². The Morgan fingerprint density at radius 3 is 2.00 bits per heavy atom. The van der Waals surface area contributed by atoms with Gasteiger partial charge < -0.3 is 5.73 Å². The van der Waals surface area contributed by atoms with Crippen molar-refractivity contribution < 1.29 is 25.2 Å². The fraction of sp³-hybridized carbons (Fsp3) is 0.438. The third kappa shape index (κ3) is 16.1. The van der Waals surface area contributed by atoms with Crippen molar-refractivity contribution in [2.75, 3.05) is 0 Å². The van der Waals surface area contributed by atoms with E-state index in [1.807, 2.05) is 39.8 Å². The first-order valence-electron chi connectivity index (χ1n) is 6.82. The third-order valence-corrected chi connectivity index (χ3v) is 2.54. The van der Waals surface area contributed by atoms with E-state index >= 15 is 0 Å². The first kappa shape index (κ1) is 26.1. The van der Waals surface area contributed by atoms with Crippen molar-refractivity contribution in [3.05, 3.63) is 45.9 Å². The summed E-state index contributed by atoms with van der Waals surface area (Å²) < 4.78 is 13.7. The number of nitrogens with one attached hydrogen (secondary N) is 1. The van der Waals surface area contributed by atoms with Crippen LogP contribution in [0, 0.1) is 12.7 Å². The Labute approximate surface area is 169 Å². The van der Waals surface area contributed by atoms with Crippen molar-refractivity contribution in [1.82, 2.24) is 0 Å². The molecule has 2 radical (unpaired) electrons. The first-order chi connectivity index (χ1) is 10.5. The summed E-state index contributed by atoms with van der Waals surface area (Å²) in [6, 6.07) is 7.05. The Balaban J connectivity index is 0. The van der Waals surface area contributed by atoms with Crippen LogP contribution in [0.1, 0.15) is 26.3 Å². The minimum absolute atomic E-state index is 0.194. The van der Waals surface area contributed by atoms with Gasteiger partial charge in [0.05, 0.1) is 5.82 Å².